The molecule has 1 aromatic carbocycles. The molecule has 2 rings (SSSR count). The van der Waals surface area contributed by atoms with Crippen LogP contribution in [0.4, 0.5) is 0 Å². The molecule has 0 atom stereocenters. The number of benzene rings is 1. The van der Waals surface area contributed by atoms with Crippen LogP contribution in [0.25, 0.3) is 0 Å². The van der Waals surface area contributed by atoms with Crippen LogP contribution >= 0.6 is 0 Å². The fourth-order valence-corrected chi connectivity index (χ4v) is 2.59. The van der Waals surface area contributed by atoms with E-state index in [-0.39, 0.29) is 18.6 Å². The first kappa shape index (κ1) is 17.3. The Morgan fingerprint density at radius 2 is 2.09 bits per heavy atom. The van der Waals surface area contributed by atoms with Gasteiger partial charge < -0.3 is 14.7 Å². The zero-order valence-electron chi connectivity index (χ0n) is 13.8. The molecule has 0 aliphatic carbocycles. The zero-order valence-corrected chi connectivity index (χ0v) is 13.8. The molecule has 23 heavy (non-hydrogen) atoms. The van der Waals surface area contributed by atoms with Crippen LogP contribution in [0, 0.1) is 5.92 Å². The molecule has 0 saturated carbocycles. The minimum atomic E-state index is -0.983. The smallest absolute Gasteiger partial charge is 0.303 e. The maximum Gasteiger partial charge on any atom is 0.303 e. The highest BCUT2D eigenvalue weighted by Gasteiger charge is 2.23. The maximum absolute atomic E-state index is 12.2. The Balaban J connectivity index is 2.21. The fraction of sp³-hybridized carbons (Fsp3) is 0.529. The molecule has 0 spiro atoms. The second-order valence-electron chi connectivity index (χ2n) is 6.10. The summed E-state index contributed by atoms with van der Waals surface area (Å²) in [5.74, 6) is 0.406. The number of carbonyl (C=O) groups excluding carboxylic acids is 1. The topological polar surface area (TPSA) is 76.1 Å². The summed E-state index contributed by atoms with van der Waals surface area (Å²) in [5.41, 5.74) is 1.37. The number of ketones is 1. The van der Waals surface area contributed by atoms with Gasteiger partial charge in [-0.25, -0.2) is 0 Å². The van der Waals surface area contributed by atoms with Gasteiger partial charge >= 0.3 is 5.97 Å². The van der Waals surface area contributed by atoms with Gasteiger partial charge in [-0.1, -0.05) is 13.8 Å². The van der Waals surface area contributed by atoms with Gasteiger partial charge in [-0.05, 0) is 24.0 Å². The van der Waals surface area contributed by atoms with E-state index >= 15 is 0 Å². The van der Waals surface area contributed by atoms with Crippen LogP contribution in [-0.2, 0) is 11.2 Å². The molecule has 6 heteroatoms. The number of carbonyl (C=O) groups is 2. The number of carboxylic acid groups (broad SMARTS) is 1. The zero-order chi connectivity index (χ0) is 17.0. The van der Waals surface area contributed by atoms with E-state index in [4.69, 9.17) is 14.7 Å². The van der Waals surface area contributed by atoms with Crippen molar-refractivity contribution >= 4 is 11.8 Å². The van der Waals surface area contributed by atoms with Crippen LogP contribution in [-0.4, -0.2) is 42.1 Å². The molecular weight excluding hydrogens is 298 g/mol. The summed E-state index contributed by atoms with van der Waals surface area (Å²) >= 11 is 0. The summed E-state index contributed by atoms with van der Waals surface area (Å²) in [6, 6.07) is 3.49. The summed E-state index contributed by atoms with van der Waals surface area (Å²) in [6.07, 6.45) is 0.563. The van der Waals surface area contributed by atoms with Gasteiger partial charge in [0.25, 0.3) is 0 Å². The van der Waals surface area contributed by atoms with Crippen molar-refractivity contribution in [3.05, 3.63) is 23.3 Å². The van der Waals surface area contributed by atoms with Crippen molar-refractivity contribution in [2.24, 2.45) is 5.92 Å². The largest absolute Gasteiger partial charge is 0.496 e. The highest BCUT2D eigenvalue weighted by molar-refractivity contribution is 6.00. The molecule has 0 bridgehead atoms. The van der Waals surface area contributed by atoms with E-state index in [0.29, 0.717) is 23.0 Å². The summed E-state index contributed by atoms with van der Waals surface area (Å²) in [6.45, 7) is 5.86. The molecule has 1 aliphatic rings. The number of fused-ring (bicyclic) bond motifs is 1. The first-order valence-corrected chi connectivity index (χ1v) is 7.79. The molecule has 1 aromatic rings. The SMILES string of the molecule is COc1cc2c(cc1C(=O)CCC(=O)O)CCN(CC(C)C)O2. The number of hydrogen-bond donors (Lipinski definition) is 1. The molecule has 0 radical (unpaired) electrons. The van der Waals surface area contributed by atoms with E-state index < -0.39 is 5.97 Å². The van der Waals surface area contributed by atoms with Gasteiger partial charge in [0.1, 0.15) is 5.75 Å². The number of nitrogens with zero attached hydrogens (tertiary/aromatic N) is 1. The molecule has 126 valence electrons. The highest BCUT2D eigenvalue weighted by Crippen LogP contribution is 2.33. The lowest BCUT2D eigenvalue weighted by Gasteiger charge is -2.30. The Hall–Kier alpha value is -2.08. The molecule has 0 fully saturated rings. The van der Waals surface area contributed by atoms with E-state index in [1.165, 1.54) is 7.11 Å². The normalized spacial score (nSPS) is 14.3. The van der Waals surface area contributed by atoms with E-state index in [1.807, 2.05) is 5.06 Å². The predicted octanol–water partition coefficient (Wildman–Crippen LogP) is 2.55. The Morgan fingerprint density at radius 1 is 1.35 bits per heavy atom. The third-order valence-electron chi connectivity index (χ3n) is 3.68. The molecule has 0 amide bonds. The predicted molar refractivity (Wildman–Crippen MR) is 84.9 cm³/mol. The van der Waals surface area contributed by atoms with Crippen molar-refractivity contribution in [3.8, 4) is 11.5 Å². The maximum atomic E-state index is 12.2. The molecule has 0 saturated heterocycles. The van der Waals surface area contributed by atoms with Gasteiger partial charge in [-0.2, -0.15) is 0 Å². The Kier molecular flexibility index (Phi) is 5.60. The number of aliphatic carboxylic acids is 1. The van der Waals surface area contributed by atoms with Gasteiger partial charge in [-0.3, -0.25) is 9.59 Å². The van der Waals surface area contributed by atoms with Crippen molar-refractivity contribution in [2.75, 3.05) is 20.2 Å². The van der Waals surface area contributed by atoms with Crippen LogP contribution in [0.5, 0.6) is 11.5 Å². The van der Waals surface area contributed by atoms with Crippen LogP contribution in [0.3, 0.4) is 0 Å². The van der Waals surface area contributed by atoms with Crippen LogP contribution < -0.4 is 9.57 Å². The van der Waals surface area contributed by atoms with Crippen LogP contribution in [0.2, 0.25) is 0 Å². The van der Waals surface area contributed by atoms with E-state index in [2.05, 4.69) is 13.8 Å². The second-order valence-corrected chi connectivity index (χ2v) is 6.10. The van der Waals surface area contributed by atoms with Gasteiger partial charge in [-0.15, -0.1) is 5.06 Å². The number of methoxy groups -OCH3 is 1. The third kappa shape index (κ3) is 4.45. The summed E-state index contributed by atoms with van der Waals surface area (Å²) < 4.78 is 5.29. The second kappa shape index (κ2) is 7.46. The van der Waals surface area contributed by atoms with Crippen molar-refractivity contribution in [3.63, 3.8) is 0 Å². The summed E-state index contributed by atoms with van der Waals surface area (Å²) in [5, 5.41) is 10.6. The first-order chi connectivity index (χ1) is 10.9. The molecule has 1 N–H and O–H groups in total. The lowest BCUT2D eigenvalue weighted by atomic mass is 9.99. The van der Waals surface area contributed by atoms with Crippen LogP contribution in [0.15, 0.2) is 12.1 Å². The van der Waals surface area contributed by atoms with Gasteiger partial charge in [0.15, 0.2) is 11.5 Å². The average Bonchev–Trinajstić information content (AvgIpc) is 2.50. The van der Waals surface area contributed by atoms with E-state index in [1.54, 1.807) is 12.1 Å². The lowest BCUT2D eigenvalue weighted by molar-refractivity contribution is -0.136. The van der Waals surface area contributed by atoms with Gasteiger partial charge in [0, 0.05) is 25.6 Å². The Morgan fingerprint density at radius 3 is 2.70 bits per heavy atom. The molecule has 1 aliphatic heterocycles. The number of carboxylic acids is 1. The monoisotopic (exact) mass is 321 g/mol. The molecule has 0 unspecified atom stereocenters. The van der Waals surface area contributed by atoms with Crippen molar-refractivity contribution in [1.82, 2.24) is 5.06 Å². The minimum absolute atomic E-state index is 0.0369. The van der Waals surface area contributed by atoms with E-state index in [0.717, 1.165) is 25.1 Å². The minimum Gasteiger partial charge on any atom is -0.496 e. The van der Waals surface area contributed by atoms with Crippen molar-refractivity contribution in [1.29, 1.82) is 0 Å². The standard InChI is InChI=1S/C17H23NO5/c1-11(2)10-18-7-6-12-8-13(14(19)4-5-17(20)21)16(22-3)9-15(12)23-18/h8-9,11H,4-7,10H2,1-3H3,(H,20,21). The fourth-order valence-electron chi connectivity index (χ4n) is 2.59. The number of hydrogen-bond acceptors (Lipinski definition) is 5. The van der Waals surface area contributed by atoms with Gasteiger partial charge in [0.2, 0.25) is 0 Å². The van der Waals surface area contributed by atoms with Crippen molar-refractivity contribution in [2.45, 2.75) is 33.1 Å². The highest BCUT2D eigenvalue weighted by atomic mass is 16.7. The Labute approximate surface area is 135 Å². The molecule has 1 heterocycles. The molecule has 6 nitrogen and oxygen atoms in total. The number of hydroxylamine groups is 2. The number of rotatable bonds is 7. The number of Topliss-reactive ketones (excluding diaryl/α,β-unsaturated/α-hetero) is 1. The van der Waals surface area contributed by atoms with Gasteiger partial charge in [0.05, 0.1) is 19.1 Å². The Bertz CT molecular complexity index is 597. The van der Waals surface area contributed by atoms with E-state index in [9.17, 15) is 9.59 Å². The lowest BCUT2D eigenvalue weighted by Crippen LogP contribution is -2.36. The first-order valence-electron chi connectivity index (χ1n) is 7.79. The summed E-state index contributed by atoms with van der Waals surface area (Å²) in [7, 11) is 1.49. The molecule has 0 aromatic heterocycles. The van der Waals surface area contributed by atoms with Crippen LogP contribution in [0.1, 0.15) is 42.6 Å². The van der Waals surface area contributed by atoms with Crippen molar-refractivity contribution < 1.29 is 24.3 Å². The number of ether oxygens (including phenoxy) is 1. The quantitative estimate of drug-likeness (QED) is 0.778. The third-order valence-corrected chi connectivity index (χ3v) is 3.68. The summed E-state index contributed by atoms with van der Waals surface area (Å²) in [4.78, 5) is 28.7. The average molecular weight is 321 g/mol. The molecular formula is C17H23NO5.